The minimum Gasteiger partial charge on any atom is -0.498 e. The van der Waals surface area contributed by atoms with Crippen molar-refractivity contribution in [1.82, 2.24) is 9.38 Å². The zero-order valence-corrected chi connectivity index (χ0v) is 26.4. The molecule has 0 spiro atoms. The predicted octanol–water partition coefficient (Wildman–Crippen LogP) is 9.41. The van der Waals surface area contributed by atoms with Gasteiger partial charge in [0, 0.05) is 33.7 Å². The molecule has 0 saturated heterocycles. The van der Waals surface area contributed by atoms with E-state index in [0.29, 0.717) is 0 Å². The van der Waals surface area contributed by atoms with E-state index >= 15 is 0 Å². The summed E-state index contributed by atoms with van der Waals surface area (Å²) in [5.41, 5.74) is 9.12. The van der Waals surface area contributed by atoms with Crippen LogP contribution < -0.4 is 9.80 Å². The third-order valence-corrected chi connectivity index (χ3v) is 8.00. The summed E-state index contributed by atoms with van der Waals surface area (Å²) in [5, 5.41) is 5.14. The maximum atomic E-state index is 4.32. The molecule has 0 fully saturated rings. The van der Waals surface area contributed by atoms with E-state index in [1.54, 1.807) is 0 Å². The minimum absolute atomic E-state index is 0. The maximum absolute atomic E-state index is 4.32. The molecule has 0 atom stereocenters. The molecule has 0 aliphatic carbocycles. The Kier molecular flexibility index (Phi) is 7.35. The van der Waals surface area contributed by atoms with Gasteiger partial charge in [-0.1, -0.05) is 72.4 Å². The van der Waals surface area contributed by atoms with Gasteiger partial charge < -0.3 is 19.2 Å². The van der Waals surface area contributed by atoms with E-state index in [2.05, 4.69) is 129 Å². The van der Waals surface area contributed by atoms with Gasteiger partial charge in [0.2, 0.25) is 0 Å². The van der Waals surface area contributed by atoms with Crippen LogP contribution in [-0.2, 0) is 20.1 Å². The minimum atomic E-state index is 0. The fraction of sp³-hybridized carbons (Fsp3) is 0.0256. The van der Waals surface area contributed by atoms with Crippen LogP contribution in [-0.4, -0.2) is 9.38 Å². The summed E-state index contributed by atoms with van der Waals surface area (Å²) in [6.45, 7) is 4.15. The van der Waals surface area contributed by atoms with Crippen LogP contribution in [0.25, 0.3) is 49.4 Å². The van der Waals surface area contributed by atoms with E-state index in [0.717, 1.165) is 22.6 Å². The molecule has 44 heavy (non-hydrogen) atoms. The van der Waals surface area contributed by atoms with Gasteiger partial charge in [-0.25, -0.2) is 0 Å². The standard InChI is InChI=1S/C27H17N3.C12H10N.Ir/c1-2-8-19(9-3-1)28-16-17-29(18-28)25-15-7-13-23-22-12-6-11-21-20-10-4-5-14-24(20)30(26(21)22)27(23)25;1-10-7-8-12(13-9-10)11-5-3-2-4-6-11;/h1-14,16-18H;2-5,7-9H,1H3;/q-2;-1;+3. The summed E-state index contributed by atoms with van der Waals surface area (Å²) in [5.74, 6) is 0. The summed E-state index contributed by atoms with van der Waals surface area (Å²) in [6.07, 6.45) is 6.06. The van der Waals surface area contributed by atoms with E-state index in [1.807, 2.05) is 55.6 Å². The summed E-state index contributed by atoms with van der Waals surface area (Å²) in [6, 6.07) is 48.5. The zero-order chi connectivity index (χ0) is 28.8. The monoisotopic (exact) mass is 744 g/mol. The van der Waals surface area contributed by atoms with Gasteiger partial charge in [-0.3, -0.25) is 0 Å². The molecule has 0 bridgehead atoms. The number of fused-ring (bicyclic) bond motifs is 6. The molecule has 1 aliphatic rings. The van der Waals surface area contributed by atoms with Crippen molar-refractivity contribution >= 4 is 49.5 Å². The van der Waals surface area contributed by atoms with Crippen molar-refractivity contribution in [2.24, 2.45) is 0 Å². The Balaban J connectivity index is 0.000000189. The third kappa shape index (κ3) is 4.71. The predicted molar refractivity (Wildman–Crippen MR) is 178 cm³/mol. The van der Waals surface area contributed by atoms with Gasteiger partial charge in [-0.2, -0.15) is 18.2 Å². The normalized spacial score (nSPS) is 12.7. The average molecular weight is 744 g/mol. The van der Waals surface area contributed by atoms with Crippen molar-refractivity contribution in [1.29, 1.82) is 0 Å². The van der Waals surface area contributed by atoms with Crippen LogP contribution in [0.5, 0.6) is 0 Å². The molecule has 5 heteroatoms. The van der Waals surface area contributed by atoms with Crippen LogP contribution in [0.15, 0.2) is 140 Å². The Bertz CT molecular complexity index is 2220. The van der Waals surface area contributed by atoms with Gasteiger partial charge in [0.15, 0.2) is 0 Å². The van der Waals surface area contributed by atoms with Crippen molar-refractivity contribution in [3.8, 4) is 11.3 Å². The fourth-order valence-corrected chi connectivity index (χ4v) is 6.01. The number of para-hydroxylation sites is 3. The van der Waals surface area contributed by atoms with E-state index < -0.39 is 0 Å². The molecule has 9 rings (SSSR count). The first kappa shape index (κ1) is 27.8. The summed E-state index contributed by atoms with van der Waals surface area (Å²) < 4.78 is 2.41. The van der Waals surface area contributed by atoms with Crippen molar-refractivity contribution in [2.75, 3.05) is 9.80 Å². The number of hydrogen-bond acceptors (Lipinski definition) is 3. The molecular formula is C39H27IrN4. The van der Waals surface area contributed by atoms with Gasteiger partial charge in [0.25, 0.3) is 0 Å². The van der Waals surface area contributed by atoms with Crippen LogP contribution in [0, 0.1) is 25.7 Å². The number of pyridine rings is 1. The molecule has 5 aromatic carbocycles. The molecule has 8 aromatic rings. The second-order valence-corrected chi connectivity index (χ2v) is 10.7. The number of benzene rings is 5. The second-order valence-electron chi connectivity index (χ2n) is 10.7. The Labute approximate surface area is 270 Å². The first-order valence-corrected chi connectivity index (χ1v) is 14.4. The SMILES string of the molecule is Cc1ccc(-c2[c-]cccc2)nc1.[Ir+3].[c-]1ccc2c3cccc4c5ccccc5n(c2c1N1C=CN(c2ccccc2)[CH-]1)c43. The number of rotatable bonds is 3. The van der Waals surface area contributed by atoms with E-state index in [9.17, 15) is 0 Å². The van der Waals surface area contributed by atoms with Gasteiger partial charge in [-0.15, -0.1) is 48.0 Å². The largest absolute Gasteiger partial charge is 3.00 e. The number of nitrogens with zero attached hydrogens (tertiary/aromatic N) is 4. The average Bonchev–Trinajstić information content (AvgIpc) is 3.79. The molecule has 4 nitrogen and oxygen atoms in total. The summed E-state index contributed by atoms with van der Waals surface area (Å²) in [4.78, 5) is 8.62. The third-order valence-electron chi connectivity index (χ3n) is 8.00. The van der Waals surface area contributed by atoms with Crippen LogP contribution in [0.4, 0.5) is 11.4 Å². The summed E-state index contributed by atoms with van der Waals surface area (Å²) in [7, 11) is 0. The Morgan fingerprint density at radius 2 is 1.34 bits per heavy atom. The molecule has 3 aromatic heterocycles. The smallest absolute Gasteiger partial charge is 0.498 e. The molecule has 1 aliphatic heterocycles. The Morgan fingerprint density at radius 1 is 0.614 bits per heavy atom. The molecule has 212 valence electrons. The number of anilines is 2. The van der Waals surface area contributed by atoms with Gasteiger partial charge in [0.1, 0.15) is 0 Å². The zero-order valence-electron chi connectivity index (χ0n) is 24.0. The first-order valence-electron chi connectivity index (χ1n) is 14.4. The number of hydrogen-bond donors (Lipinski definition) is 0. The van der Waals surface area contributed by atoms with Gasteiger partial charge in [0.05, 0.1) is 0 Å². The van der Waals surface area contributed by atoms with Crippen LogP contribution in [0.1, 0.15) is 5.56 Å². The topological polar surface area (TPSA) is 23.8 Å². The maximum Gasteiger partial charge on any atom is 3.00 e. The molecule has 0 amide bonds. The van der Waals surface area contributed by atoms with E-state index in [4.69, 9.17) is 0 Å². The Morgan fingerprint density at radius 3 is 2.14 bits per heavy atom. The number of aromatic nitrogens is 2. The molecule has 0 saturated carbocycles. The fourth-order valence-electron chi connectivity index (χ4n) is 6.01. The first-order chi connectivity index (χ1) is 21.3. The second kappa shape index (κ2) is 11.6. The quantitative estimate of drug-likeness (QED) is 0.169. The van der Waals surface area contributed by atoms with Gasteiger partial charge in [-0.05, 0) is 59.7 Å². The van der Waals surface area contributed by atoms with Crippen molar-refractivity contribution < 1.29 is 20.1 Å². The molecule has 0 N–H and O–H groups in total. The molecule has 0 unspecified atom stereocenters. The van der Waals surface area contributed by atoms with Crippen LogP contribution >= 0.6 is 0 Å². The van der Waals surface area contributed by atoms with E-state index in [-0.39, 0.29) is 20.1 Å². The molecule has 4 heterocycles. The Hall–Kier alpha value is -4.96. The van der Waals surface area contributed by atoms with Gasteiger partial charge >= 0.3 is 20.1 Å². The molecular weight excluding hydrogens is 717 g/mol. The van der Waals surface area contributed by atoms with Crippen molar-refractivity contribution in [2.45, 2.75) is 6.92 Å². The number of aryl methyl sites for hydroxylation is 1. The summed E-state index contributed by atoms with van der Waals surface area (Å²) >= 11 is 0. The van der Waals surface area contributed by atoms with E-state index in [1.165, 1.54) is 43.7 Å². The van der Waals surface area contributed by atoms with Crippen molar-refractivity contribution in [3.05, 3.63) is 164 Å². The molecule has 0 radical (unpaired) electrons. The van der Waals surface area contributed by atoms with Crippen molar-refractivity contribution in [3.63, 3.8) is 0 Å². The van der Waals surface area contributed by atoms with Crippen LogP contribution in [0.2, 0.25) is 0 Å². The van der Waals surface area contributed by atoms with Crippen LogP contribution in [0.3, 0.4) is 0 Å².